The molecule has 0 aromatic heterocycles. The number of carbonyl (C=O) groups excluding carboxylic acids is 2. The molecule has 0 radical (unpaired) electrons. The number of para-hydroxylation sites is 2. The number of fused-ring (bicyclic) bond motifs is 1. The van der Waals surface area contributed by atoms with Crippen LogP contribution >= 0.6 is 0 Å². The zero-order valence-corrected chi connectivity index (χ0v) is 12.9. The Balaban J connectivity index is 1.60. The van der Waals surface area contributed by atoms with Gasteiger partial charge in [-0.15, -0.1) is 0 Å². The number of nitrogens with one attached hydrogen (secondary N) is 2. The Hall–Kier alpha value is -3.62. The highest BCUT2D eigenvalue weighted by Crippen LogP contribution is 2.32. The third-order valence-corrected chi connectivity index (χ3v) is 3.45. The number of hydrogen-bond donors (Lipinski definition) is 2. The van der Waals surface area contributed by atoms with Gasteiger partial charge in [-0.2, -0.15) is 0 Å². The van der Waals surface area contributed by atoms with E-state index in [0.29, 0.717) is 11.5 Å². The van der Waals surface area contributed by atoms with E-state index < -0.39 is 16.7 Å². The number of benzene rings is 2. The lowest BCUT2D eigenvalue weighted by Crippen LogP contribution is -2.35. The van der Waals surface area contributed by atoms with Crippen molar-refractivity contribution in [3.05, 3.63) is 58.1 Å². The van der Waals surface area contributed by atoms with E-state index in [9.17, 15) is 19.7 Å². The highest BCUT2D eigenvalue weighted by Gasteiger charge is 2.19. The van der Waals surface area contributed by atoms with Crippen LogP contribution in [0.2, 0.25) is 0 Å². The SMILES string of the molecule is O=C(NCc1ccc2c(c1)OCO2)C(=O)Nc1ccccc1[N+](=O)[O-]. The van der Waals surface area contributed by atoms with Crippen molar-refractivity contribution in [3.63, 3.8) is 0 Å². The van der Waals surface area contributed by atoms with Crippen LogP contribution in [0.4, 0.5) is 11.4 Å². The molecule has 0 aliphatic carbocycles. The van der Waals surface area contributed by atoms with Crippen molar-refractivity contribution >= 4 is 23.2 Å². The zero-order valence-electron chi connectivity index (χ0n) is 12.9. The molecule has 0 bridgehead atoms. The number of anilines is 1. The van der Waals surface area contributed by atoms with Gasteiger partial charge in [0.2, 0.25) is 6.79 Å². The molecule has 9 nitrogen and oxygen atoms in total. The maximum atomic E-state index is 11.9. The van der Waals surface area contributed by atoms with Crippen LogP contribution in [0.25, 0.3) is 0 Å². The van der Waals surface area contributed by atoms with E-state index in [4.69, 9.17) is 9.47 Å². The van der Waals surface area contributed by atoms with E-state index in [1.807, 2.05) is 0 Å². The van der Waals surface area contributed by atoms with Gasteiger partial charge in [-0.3, -0.25) is 19.7 Å². The minimum absolute atomic E-state index is 0.0456. The lowest BCUT2D eigenvalue weighted by atomic mass is 10.2. The van der Waals surface area contributed by atoms with Gasteiger partial charge in [-0.25, -0.2) is 0 Å². The second-order valence-corrected chi connectivity index (χ2v) is 5.10. The molecule has 2 N–H and O–H groups in total. The van der Waals surface area contributed by atoms with Crippen LogP contribution in [0.3, 0.4) is 0 Å². The van der Waals surface area contributed by atoms with Gasteiger partial charge in [0.05, 0.1) is 4.92 Å². The number of carbonyl (C=O) groups is 2. The number of rotatable bonds is 4. The van der Waals surface area contributed by atoms with E-state index in [1.165, 1.54) is 24.3 Å². The monoisotopic (exact) mass is 343 g/mol. The molecule has 0 atom stereocenters. The topological polar surface area (TPSA) is 120 Å². The van der Waals surface area contributed by atoms with Crippen LogP contribution < -0.4 is 20.1 Å². The van der Waals surface area contributed by atoms with Gasteiger partial charge in [-0.05, 0) is 23.8 Å². The molecule has 1 aliphatic rings. The zero-order chi connectivity index (χ0) is 17.8. The summed E-state index contributed by atoms with van der Waals surface area (Å²) in [4.78, 5) is 34.1. The number of ether oxygens (including phenoxy) is 2. The molecule has 0 saturated heterocycles. The summed E-state index contributed by atoms with van der Waals surface area (Å²) in [6.45, 7) is 0.239. The maximum Gasteiger partial charge on any atom is 0.313 e. The molecule has 2 aromatic carbocycles. The average Bonchev–Trinajstić information content (AvgIpc) is 3.07. The van der Waals surface area contributed by atoms with E-state index >= 15 is 0 Å². The number of nitro benzene ring substituents is 1. The van der Waals surface area contributed by atoms with Gasteiger partial charge in [0, 0.05) is 12.6 Å². The Morgan fingerprint density at radius 3 is 2.64 bits per heavy atom. The van der Waals surface area contributed by atoms with Crippen LogP contribution in [0.1, 0.15) is 5.56 Å². The fraction of sp³-hybridized carbons (Fsp3) is 0.125. The van der Waals surface area contributed by atoms with E-state index in [1.54, 1.807) is 18.2 Å². The molecule has 9 heteroatoms. The highest BCUT2D eigenvalue weighted by atomic mass is 16.7. The normalized spacial score (nSPS) is 11.7. The lowest BCUT2D eigenvalue weighted by molar-refractivity contribution is -0.383. The van der Waals surface area contributed by atoms with E-state index in [-0.39, 0.29) is 24.7 Å². The smallest absolute Gasteiger partial charge is 0.313 e. The minimum atomic E-state index is -0.991. The summed E-state index contributed by atoms with van der Waals surface area (Å²) in [6, 6.07) is 10.7. The first kappa shape index (κ1) is 16.2. The predicted molar refractivity (Wildman–Crippen MR) is 86.1 cm³/mol. The summed E-state index contributed by atoms with van der Waals surface area (Å²) in [5.74, 6) is -0.717. The van der Waals surface area contributed by atoms with Crippen LogP contribution in [-0.4, -0.2) is 23.5 Å². The Labute approximate surface area is 141 Å². The average molecular weight is 343 g/mol. The van der Waals surface area contributed by atoms with Crippen molar-refractivity contribution < 1.29 is 24.0 Å². The second-order valence-electron chi connectivity index (χ2n) is 5.10. The number of hydrogen-bond acceptors (Lipinski definition) is 6. The minimum Gasteiger partial charge on any atom is -0.454 e. The fourth-order valence-electron chi connectivity index (χ4n) is 2.23. The number of nitro groups is 1. The molecule has 2 amide bonds. The molecular weight excluding hydrogens is 330 g/mol. The van der Waals surface area contributed by atoms with Crippen LogP contribution in [0, 0.1) is 10.1 Å². The first-order chi connectivity index (χ1) is 12.0. The van der Waals surface area contributed by atoms with Gasteiger partial charge in [-0.1, -0.05) is 18.2 Å². The lowest BCUT2D eigenvalue weighted by Gasteiger charge is -2.07. The standard InChI is InChI=1S/C16H13N3O6/c20-15(16(21)18-11-3-1-2-4-12(11)19(22)23)17-8-10-5-6-13-14(7-10)25-9-24-13/h1-7H,8-9H2,(H,17,20)(H,18,21). The van der Waals surface area contributed by atoms with Crippen molar-refractivity contribution in [1.29, 1.82) is 0 Å². The molecular formula is C16H13N3O6. The molecule has 0 unspecified atom stereocenters. The molecule has 1 aliphatic heterocycles. The Morgan fingerprint density at radius 2 is 1.84 bits per heavy atom. The van der Waals surface area contributed by atoms with Gasteiger partial charge >= 0.3 is 11.8 Å². The van der Waals surface area contributed by atoms with Crippen molar-refractivity contribution in [2.45, 2.75) is 6.54 Å². The summed E-state index contributed by atoms with van der Waals surface area (Å²) in [6.07, 6.45) is 0. The predicted octanol–water partition coefficient (Wildman–Crippen LogP) is 1.58. The van der Waals surface area contributed by atoms with Crippen LogP contribution in [0.15, 0.2) is 42.5 Å². The summed E-state index contributed by atoms with van der Waals surface area (Å²) in [7, 11) is 0. The molecule has 0 spiro atoms. The van der Waals surface area contributed by atoms with E-state index in [2.05, 4.69) is 10.6 Å². The third kappa shape index (κ3) is 3.66. The summed E-state index contributed by atoms with van der Waals surface area (Å²) in [5.41, 5.74) is 0.381. The van der Waals surface area contributed by atoms with Gasteiger partial charge in [0.15, 0.2) is 11.5 Å². The van der Waals surface area contributed by atoms with Crippen molar-refractivity contribution in [1.82, 2.24) is 5.32 Å². The quantitative estimate of drug-likeness (QED) is 0.494. The third-order valence-electron chi connectivity index (χ3n) is 3.45. The first-order valence-corrected chi connectivity index (χ1v) is 7.26. The summed E-state index contributed by atoms with van der Waals surface area (Å²) >= 11 is 0. The van der Waals surface area contributed by atoms with Crippen LogP contribution in [0.5, 0.6) is 11.5 Å². The molecule has 2 aromatic rings. The number of amides is 2. The molecule has 25 heavy (non-hydrogen) atoms. The van der Waals surface area contributed by atoms with Gasteiger partial charge in [0.25, 0.3) is 5.69 Å². The molecule has 1 heterocycles. The maximum absolute atomic E-state index is 11.9. The number of nitrogens with zero attached hydrogens (tertiary/aromatic N) is 1. The largest absolute Gasteiger partial charge is 0.454 e. The van der Waals surface area contributed by atoms with Gasteiger partial charge in [0.1, 0.15) is 5.69 Å². The fourth-order valence-corrected chi connectivity index (χ4v) is 2.23. The van der Waals surface area contributed by atoms with Crippen molar-refractivity contribution in [3.8, 4) is 11.5 Å². The van der Waals surface area contributed by atoms with Crippen molar-refractivity contribution in [2.24, 2.45) is 0 Å². The summed E-state index contributed by atoms with van der Waals surface area (Å²) in [5, 5.41) is 15.6. The Bertz CT molecular complexity index is 852. The van der Waals surface area contributed by atoms with E-state index in [0.717, 1.165) is 5.56 Å². The Kier molecular flexibility index (Phi) is 4.46. The van der Waals surface area contributed by atoms with Gasteiger partial charge < -0.3 is 20.1 Å². The molecule has 0 fully saturated rings. The highest BCUT2D eigenvalue weighted by molar-refractivity contribution is 6.39. The molecule has 128 valence electrons. The van der Waals surface area contributed by atoms with Crippen LogP contribution in [-0.2, 0) is 16.1 Å². The molecule has 0 saturated carbocycles. The molecule has 3 rings (SSSR count). The van der Waals surface area contributed by atoms with Crippen molar-refractivity contribution in [2.75, 3.05) is 12.1 Å². The first-order valence-electron chi connectivity index (χ1n) is 7.26. The second kappa shape index (κ2) is 6.87. The Morgan fingerprint density at radius 1 is 1.08 bits per heavy atom. The summed E-state index contributed by atoms with van der Waals surface area (Å²) < 4.78 is 10.4.